The van der Waals surface area contributed by atoms with Gasteiger partial charge in [-0.25, -0.2) is 4.99 Å². The van der Waals surface area contributed by atoms with E-state index < -0.39 is 0 Å². The molecule has 3 nitrogen and oxygen atoms in total. The van der Waals surface area contributed by atoms with E-state index in [0.29, 0.717) is 5.90 Å². The molecule has 0 saturated heterocycles. The first kappa shape index (κ1) is 10.5. The fourth-order valence-electron chi connectivity index (χ4n) is 1.68. The van der Waals surface area contributed by atoms with Crippen LogP contribution in [0.25, 0.3) is 0 Å². The fourth-order valence-corrected chi connectivity index (χ4v) is 2.38. The third-order valence-electron chi connectivity index (χ3n) is 2.62. The summed E-state index contributed by atoms with van der Waals surface area (Å²) in [6.45, 7) is 2.06. The molecule has 2 heterocycles. The zero-order valence-corrected chi connectivity index (χ0v) is 10.2. The molecule has 1 aliphatic heterocycles. The van der Waals surface area contributed by atoms with Gasteiger partial charge in [0.15, 0.2) is 6.17 Å². The SMILES string of the molecule is Cc1ccc(C2=NC(c3cccs3)NO2)cc1. The van der Waals surface area contributed by atoms with Crippen molar-refractivity contribution in [1.82, 2.24) is 5.48 Å². The number of thiophene rings is 1. The van der Waals surface area contributed by atoms with Crippen molar-refractivity contribution < 1.29 is 4.84 Å². The zero-order chi connectivity index (χ0) is 11.7. The summed E-state index contributed by atoms with van der Waals surface area (Å²) in [4.78, 5) is 11.1. The molecule has 0 saturated carbocycles. The van der Waals surface area contributed by atoms with Crippen molar-refractivity contribution in [3.63, 3.8) is 0 Å². The van der Waals surface area contributed by atoms with Gasteiger partial charge in [-0.3, -0.25) is 0 Å². The van der Waals surface area contributed by atoms with E-state index in [1.165, 1.54) is 5.56 Å². The predicted octanol–water partition coefficient (Wildman–Crippen LogP) is 3.04. The summed E-state index contributed by atoms with van der Waals surface area (Å²) in [5.41, 5.74) is 5.16. The Hall–Kier alpha value is -1.65. The Labute approximate surface area is 104 Å². The summed E-state index contributed by atoms with van der Waals surface area (Å²) < 4.78 is 0. The van der Waals surface area contributed by atoms with Gasteiger partial charge in [0.1, 0.15) is 0 Å². The molecule has 86 valence electrons. The van der Waals surface area contributed by atoms with Gasteiger partial charge >= 0.3 is 0 Å². The Morgan fingerprint density at radius 3 is 2.76 bits per heavy atom. The van der Waals surface area contributed by atoms with Crippen LogP contribution in [0.4, 0.5) is 0 Å². The van der Waals surface area contributed by atoms with Crippen molar-refractivity contribution >= 4 is 17.2 Å². The molecule has 0 radical (unpaired) electrons. The van der Waals surface area contributed by atoms with Gasteiger partial charge in [0, 0.05) is 10.4 Å². The van der Waals surface area contributed by atoms with Crippen LogP contribution in [0, 0.1) is 6.92 Å². The van der Waals surface area contributed by atoms with Gasteiger partial charge < -0.3 is 4.84 Å². The molecule has 0 spiro atoms. The van der Waals surface area contributed by atoms with Gasteiger partial charge in [0.25, 0.3) is 0 Å². The maximum absolute atomic E-state index is 5.42. The first-order chi connectivity index (χ1) is 8.33. The van der Waals surface area contributed by atoms with Crippen LogP contribution in [-0.4, -0.2) is 5.90 Å². The topological polar surface area (TPSA) is 33.6 Å². The number of benzene rings is 1. The molecule has 1 aliphatic rings. The second-order valence-corrected chi connectivity index (χ2v) is 4.92. The number of aryl methyl sites for hydroxylation is 1. The number of nitrogens with zero attached hydrogens (tertiary/aromatic N) is 1. The second kappa shape index (κ2) is 4.31. The normalized spacial score (nSPS) is 18.9. The Morgan fingerprint density at radius 1 is 1.24 bits per heavy atom. The minimum absolute atomic E-state index is 0.0775. The van der Waals surface area contributed by atoms with Crippen molar-refractivity contribution in [3.8, 4) is 0 Å². The van der Waals surface area contributed by atoms with Crippen LogP contribution in [0.1, 0.15) is 22.2 Å². The van der Waals surface area contributed by atoms with E-state index >= 15 is 0 Å². The van der Waals surface area contributed by atoms with Crippen molar-refractivity contribution in [2.45, 2.75) is 13.1 Å². The van der Waals surface area contributed by atoms with Crippen molar-refractivity contribution in [2.24, 2.45) is 4.99 Å². The summed E-state index contributed by atoms with van der Waals surface area (Å²) in [6, 6.07) is 12.2. The molecule has 4 heteroatoms. The van der Waals surface area contributed by atoms with Crippen molar-refractivity contribution in [3.05, 3.63) is 57.8 Å². The lowest BCUT2D eigenvalue weighted by Crippen LogP contribution is -2.13. The highest BCUT2D eigenvalue weighted by molar-refractivity contribution is 7.10. The molecule has 1 N–H and O–H groups in total. The van der Waals surface area contributed by atoms with Gasteiger partial charge in [-0.15, -0.1) is 16.8 Å². The summed E-state index contributed by atoms with van der Waals surface area (Å²) in [6.07, 6.45) is -0.0775. The zero-order valence-electron chi connectivity index (χ0n) is 9.38. The van der Waals surface area contributed by atoms with E-state index in [-0.39, 0.29) is 6.17 Å². The average molecular weight is 244 g/mol. The molecule has 3 rings (SSSR count). The van der Waals surface area contributed by atoms with Crippen LogP contribution in [0.3, 0.4) is 0 Å². The monoisotopic (exact) mass is 244 g/mol. The number of nitrogens with one attached hydrogen (secondary N) is 1. The molecule has 17 heavy (non-hydrogen) atoms. The molecule has 0 fully saturated rings. The lowest BCUT2D eigenvalue weighted by molar-refractivity contribution is 0.182. The Balaban J connectivity index is 1.86. The minimum atomic E-state index is -0.0775. The number of hydrogen-bond donors (Lipinski definition) is 1. The molecule has 1 aromatic carbocycles. The van der Waals surface area contributed by atoms with Gasteiger partial charge in [-0.05, 0) is 30.5 Å². The van der Waals surface area contributed by atoms with Crippen LogP contribution in [0.15, 0.2) is 46.8 Å². The largest absolute Gasteiger partial charge is 0.386 e. The van der Waals surface area contributed by atoms with E-state index in [4.69, 9.17) is 4.84 Å². The highest BCUT2D eigenvalue weighted by atomic mass is 32.1. The average Bonchev–Trinajstić information content (AvgIpc) is 3.00. The van der Waals surface area contributed by atoms with Gasteiger partial charge in [-0.1, -0.05) is 23.8 Å². The van der Waals surface area contributed by atoms with E-state index in [1.807, 2.05) is 29.6 Å². The van der Waals surface area contributed by atoms with Crippen molar-refractivity contribution in [2.75, 3.05) is 0 Å². The first-order valence-corrected chi connectivity index (χ1v) is 6.31. The number of aliphatic imine (C=N–C) groups is 1. The molecular formula is C13H12N2OS. The standard InChI is InChI=1S/C13H12N2OS/c1-9-4-6-10(7-5-9)13-14-12(15-16-13)11-3-2-8-17-11/h2-8,12,15H,1H3. The smallest absolute Gasteiger partial charge is 0.242 e. The van der Waals surface area contributed by atoms with Crippen molar-refractivity contribution in [1.29, 1.82) is 0 Å². The lowest BCUT2D eigenvalue weighted by Gasteiger charge is -2.02. The van der Waals surface area contributed by atoms with Gasteiger partial charge in [-0.2, -0.15) is 0 Å². The van der Waals surface area contributed by atoms with E-state index in [2.05, 4.69) is 29.5 Å². The highest BCUT2D eigenvalue weighted by Crippen LogP contribution is 2.24. The molecule has 0 amide bonds. The Bertz CT molecular complexity index is 531. The molecule has 0 bridgehead atoms. The quantitative estimate of drug-likeness (QED) is 0.881. The minimum Gasteiger partial charge on any atom is -0.386 e. The lowest BCUT2D eigenvalue weighted by atomic mass is 10.1. The number of hydrogen-bond acceptors (Lipinski definition) is 4. The van der Waals surface area contributed by atoms with E-state index in [0.717, 1.165) is 10.4 Å². The fraction of sp³-hybridized carbons (Fsp3) is 0.154. The van der Waals surface area contributed by atoms with Crippen LogP contribution < -0.4 is 5.48 Å². The number of rotatable bonds is 2. The van der Waals surface area contributed by atoms with Crippen LogP contribution in [-0.2, 0) is 4.84 Å². The summed E-state index contributed by atoms with van der Waals surface area (Å²) in [5, 5.41) is 2.04. The van der Waals surface area contributed by atoms with Crippen LogP contribution in [0.2, 0.25) is 0 Å². The maximum Gasteiger partial charge on any atom is 0.242 e. The van der Waals surface area contributed by atoms with Crippen LogP contribution in [0.5, 0.6) is 0 Å². The van der Waals surface area contributed by atoms with E-state index in [1.54, 1.807) is 11.3 Å². The molecule has 0 aliphatic carbocycles. The second-order valence-electron chi connectivity index (χ2n) is 3.94. The molecule has 2 aromatic rings. The molecule has 1 aromatic heterocycles. The molecule has 1 atom stereocenters. The molecule has 1 unspecified atom stereocenters. The van der Waals surface area contributed by atoms with Gasteiger partial charge in [0.2, 0.25) is 5.90 Å². The summed E-state index contributed by atoms with van der Waals surface area (Å²) in [5.74, 6) is 0.656. The highest BCUT2D eigenvalue weighted by Gasteiger charge is 2.21. The molecular weight excluding hydrogens is 232 g/mol. The van der Waals surface area contributed by atoms with Gasteiger partial charge in [0.05, 0.1) is 0 Å². The van der Waals surface area contributed by atoms with E-state index in [9.17, 15) is 0 Å². The first-order valence-electron chi connectivity index (χ1n) is 5.43. The third-order valence-corrected chi connectivity index (χ3v) is 3.55. The Kier molecular flexibility index (Phi) is 2.66. The predicted molar refractivity (Wildman–Crippen MR) is 69.0 cm³/mol. The van der Waals surface area contributed by atoms with Crippen LogP contribution >= 0.6 is 11.3 Å². The Morgan fingerprint density at radius 2 is 2.06 bits per heavy atom. The number of hydroxylamine groups is 1. The third kappa shape index (κ3) is 2.09. The maximum atomic E-state index is 5.42. The summed E-state index contributed by atoms with van der Waals surface area (Å²) in [7, 11) is 0. The summed E-state index contributed by atoms with van der Waals surface area (Å²) >= 11 is 1.67.